The summed E-state index contributed by atoms with van der Waals surface area (Å²) in [6.07, 6.45) is 5.90. The molecule has 0 radical (unpaired) electrons. The van der Waals surface area contributed by atoms with E-state index in [0.29, 0.717) is 22.6 Å². The van der Waals surface area contributed by atoms with E-state index in [2.05, 4.69) is 27.6 Å². The van der Waals surface area contributed by atoms with Crippen LogP contribution in [-0.4, -0.2) is 15.0 Å². The van der Waals surface area contributed by atoms with Crippen LogP contribution in [0.25, 0.3) is 0 Å². The van der Waals surface area contributed by atoms with E-state index in [1.807, 2.05) is 0 Å². The Morgan fingerprint density at radius 1 is 1.38 bits per heavy atom. The third-order valence-corrected chi connectivity index (χ3v) is 6.59. The molecule has 2 atom stereocenters. The van der Waals surface area contributed by atoms with E-state index >= 15 is 0 Å². The Labute approximate surface area is 135 Å². The van der Waals surface area contributed by atoms with Crippen molar-refractivity contribution in [2.45, 2.75) is 43.9 Å². The van der Waals surface area contributed by atoms with Crippen LogP contribution in [0.15, 0.2) is 27.6 Å². The lowest BCUT2D eigenvalue weighted by molar-refractivity contribution is 0.271. The highest BCUT2D eigenvalue weighted by Gasteiger charge is 2.21. The molecule has 4 nitrogen and oxygen atoms in total. The summed E-state index contributed by atoms with van der Waals surface area (Å²) in [7, 11) is -3.50. The minimum Gasteiger partial charge on any atom is -0.399 e. The molecule has 6 heteroatoms. The van der Waals surface area contributed by atoms with Gasteiger partial charge in [-0.15, -0.1) is 0 Å². The fourth-order valence-corrected chi connectivity index (χ4v) is 5.07. The quantitative estimate of drug-likeness (QED) is 0.774. The fraction of sp³-hybridized carbons (Fsp3) is 0.600. The van der Waals surface area contributed by atoms with Gasteiger partial charge < -0.3 is 5.73 Å². The molecule has 0 aromatic heterocycles. The van der Waals surface area contributed by atoms with Gasteiger partial charge in [-0.2, -0.15) is 0 Å². The predicted octanol–water partition coefficient (Wildman–Crippen LogP) is 3.53. The maximum atomic E-state index is 12.3. The lowest BCUT2D eigenvalue weighted by Gasteiger charge is -2.26. The van der Waals surface area contributed by atoms with Gasteiger partial charge in [0, 0.05) is 16.7 Å². The number of halogens is 1. The molecule has 2 unspecified atom stereocenters. The third-order valence-electron chi connectivity index (χ3n) is 4.13. The van der Waals surface area contributed by atoms with E-state index in [1.54, 1.807) is 12.1 Å². The van der Waals surface area contributed by atoms with Gasteiger partial charge in [-0.05, 0) is 58.8 Å². The topological polar surface area (TPSA) is 72.2 Å². The third kappa shape index (κ3) is 4.69. The summed E-state index contributed by atoms with van der Waals surface area (Å²) >= 11 is 3.27. The lowest BCUT2D eigenvalue weighted by atomic mass is 9.81. The summed E-state index contributed by atoms with van der Waals surface area (Å²) in [6.45, 7) is 2.77. The van der Waals surface area contributed by atoms with E-state index in [4.69, 9.17) is 5.73 Å². The predicted molar refractivity (Wildman–Crippen MR) is 89.5 cm³/mol. The number of hydrogen-bond acceptors (Lipinski definition) is 3. The molecule has 1 aromatic rings. The summed E-state index contributed by atoms with van der Waals surface area (Å²) in [6, 6.07) is 4.81. The molecule has 0 aliphatic heterocycles. The van der Waals surface area contributed by atoms with Crippen molar-refractivity contribution in [2.24, 2.45) is 11.8 Å². The SMILES string of the molecule is CC1CCCC(CCNS(=O)(=O)c2cc(N)ccc2Br)C1. The van der Waals surface area contributed by atoms with E-state index in [1.165, 1.54) is 31.7 Å². The molecular formula is C15H23BrN2O2S. The Morgan fingerprint density at radius 3 is 2.86 bits per heavy atom. The molecule has 0 saturated heterocycles. The van der Waals surface area contributed by atoms with Crippen molar-refractivity contribution in [3.05, 3.63) is 22.7 Å². The van der Waals surface area contributed by atoms with Gasteiger partial charge in [0.25, 0.3) is 0 Å². The molecule has 1 saturated carbocycles. The van der Waals surface area contributed by atoms with Crippen LogP contribution in [0, 0.1) is 11.8 Å². The highest BCUT2D eigenvalue weighted by molar-refractivity contribution is 9.10. The molecule has 0 bridgehead atoms. The van der Waals surface area contributed by atoms with Crippen LogP contribution in [-0.2, 0) is 10.0 Å². The highest BCUT2D eigenvalue weighted by atomic mass is 79.9. The van der Waals surface area contributed by atoms with E-state index in [0.717, 1.165) is 12.3 Å². The average molecular weight is 375 g/mol. The number of nitrogen functional groups attached to an aromatic ring is 1. The number of hydrogen-bond donors (Lipinski definition) is 2. The molecule has 0 amide bonds. The number of benzene rings is 1. The normalized spacial score (nSPS) is 23.1. The zero-order chi connectivity index (χ0) is 15.5. The number of nitrogens with one attached hydrogen (secondary N) is 1. The van der Waals surface area contributed by atoms with Gasteiger partial charge in [0.05, 0.1) is 4.90 Å². The molecule has 1 aliphatic carbocycles. The molecule has 3 N–H and O–H groups in total. The number of anilines is 1. The highest BCUT2D eigenvalue weighted by Crippen LogP contribution is 2.30. The molecule has 118 valence electrons. The van der Waals surface area contributed by atoms with Crippen LogP contribution in [0.1, 0.15) is 39.0 Å². The van der Waals surface area contributed by atoms with Crippen LogP contribution < -0.4 is 10.5 Å². The van der Waals surface area contributed by atoms with Gasteiger partial charge in [-0.1, -0.05) is 26.2 Å². The van der Waals surface area contributed by atoms with E-state index in [9.17, 15) is 8.42 Å². The van der Waals surface area contributed by atoms with Crippen molar-refractivity contribution in [3.8, 4) is 0 Å². The molecule has 2 rings (SSSR count). The maximum Gasteiger partial charge on any atom is 0.241 e. The van der Waals surface area contributed by atoms with Crippen molar-refractivity contribution in [1.82, 2.24) is 4.72 Å². The van der Waals surface area contributed by atoms with Crippen molar-refractivity contribution in [1.29, 1.82) is 0 Å². The fourth-order valence-electron chi connectivity index (χ4n) is 3.02. The monoisotopic (exact) mass is 374 g/mol. The average Bonchev–Trinajstić information content (AvgIpc) is 2.41. The van der Waals surface area contributed by atoms with Gasteiger partial charge in [-0.3, -0.25) is 0 Å². The van der Waals surface area contributed by atoms with Gasteiger partial charge in [-0.25, -0.2) is 13.1 Å². The second-order valence-corrected chi connectivity index (χ2v) is 8.60. The Morgan fingerprint density at radius 2 is 2.14 bits per heavy atom. The molecule has 0 heterocycles. The molecular weight excluding hydrogens is 352 g/mol. The van der Waals surface area contributed by atoms with Crippen molar-refractivity contribution >= 4 is 31.6 Å². The minimum absolute atomic E-state index is 0.208. The van der Waals surface area contributed by atoms with E-state index < -0.39 is 10.0 Å². The smallest absolute Gasteiger partial charge is 0.241 e. The molecule has 1 aromatic carbocycles. The number of rotatable bonds is 5. The summed E-state index contributed by atoms with van der Waals surface area (Å²) in [5.41, 5.74) is 6.12. The molecule has 0 spiro atoms. The van der Waals surface area contributed by atoms with Crippen LogP contribution in [0.5, 0.6) is 0 Å². The largest absolute Gasteiger partial charge is 0.399 e. The Kier molecular flexibility index (Phi) is 5.68. The van der Waals surface area contributed by atoms with Gasteiger partial charge >= 0.3 is 0 Å². The van der Waals surface area contributed by atoms with Crippen molar-refractivity contribution in [2.75, 3.05) is 12.3 Å². The standard InChI is InChI=1S/C15H23BrN2O2S/c1-11-3-2-4-12(9-11)7-8-18-21(19,20)15-10-13(17)5-6-14(15)16/h5-6,10-12,18H,2-4,7-9,17H2,1H3. The second kappa shape index (κ2) is 7.11. The zero-order valence-electron chi connectivity index (χ0n) is 12.3. The zero-order valence-corrected chi connectivity index (χ0v) is 14.7. The first kappa shape index (κ1) is 16.8. The first-order chi connectivity index (χ1) is 9.88. The van der Waals surface area contributed by atoms with Gasteiger partial charge in [0.1, 0.15) is 0 Å². The maximum absolute atomic E-state index is 12.3. The van der Waals surface area contributed by atoms with Crippen molar-refractivity contribution in [3.63, 3.8) is 0 Å². The Bertz CT molecular complexity index is 589. The molecule has 21 heavy (non-hydrogen) atoms. The lowest BCUT2D eigenvalue weighted by Crippen LogP contribution is -2.27. The summed E-state index contributed by atoms with van der Waals surface area (Å²) < 4.78 is 27.9. The minimum atomic E-state index is -3.50. The first-order valence-electron chi connectivity index (χ1n) is 7.43. The first-order valence-corrected chi connectivity index (χ1v) is 9.71. The Hall–Kier alpha value is -0.590. The summed E-state index contributed by atoms with van der Waals surface area (Å²) in [4.78, 5) is 0.208. The summed E-state index contributed by atoms with van der Waals surface area (Å²) in [5, 5.41) is 0. The van der Waals surface area contributed by atoms with E-state index in [-0.39, 0.29) is 4.90 Å². The summed E-state index contributed by atoms with van der Waals surface area (Å²) in [5.74, 6) is 1.41. The van der Waals surface area contributed by atoms with Gasteiger partial charge in [0.15, 0.2) is 0 Å². The number of nitrogens with two attached hydrogens (primary N) is 1. The van der Waals surface area contributed by atoms with Crippen LogP contribution in [0.3, 0.4) is 0 Å². The van der Waals surface area contributed by atoms with Crippen molar-refractivity contribution < 1.29 is 8.42 Å². The Balaban J connectivity index is 1.93. The second-order valence-electron chi connectivity index (χ2n) is 6.01. The number of sulfonamides is 1. The van der Waals surface area contributed by atoms with Crippen LogP contribution in [0.4, 0.5) is 5.69 Å². The van der Waals surface area contributed by atoms with Crippen LogP contribution in [0.2, 0.25) is 0 Å². The van der Waals surface area contributed by atoms with Gasteiger partial charge in [0.2, 0.25) is 10.0 Å². The van der Waals surface area contributed by atoms with Crippen LogP contribution >= 0.6 is 15.9 Å². The molecule has 1 fully saturated rings. The molecule has 1 aliphatic rings.